The first-order valence-electron chi connectivity index (χ1n) is 8.71. The molecule has 0 spiro atoms. The minimum atomic E-state index is -0.824. The number of esters is 1. The van der Waals surface area contributed by atoms with Crippen LogP contribution in [-0.4, -0.2) is 38.3 Å². The van der Waals surface area contributed by atoms with Gasteiger partial charge in [-0.25, -0.2) is 18.9 Å². The predicted molar refractivity (Wildman–Crippen MR) is 98.0 cm³/mol. The molecular formula is C19H25FN4O3. The first-order valence-corrected chi connectivity index (χ1v) is 8.71. The fraction of sp³-hybridized carbons (Fsp3) is 0.474. The number of aromatic nitrogens is 3. The molecular weight excluding hydrogens is 351 g/mol. The SMILES string of the molecule is Cc1nc(C(=O)N[C@@H](C(=O)OC(C)(C)C)C(C)C)nn1-c1ccc(F)cc1. The number of nitrogens with zero attached hydrogens (tertiary/aromatic N) is 3. The van der Waals surface area contributed by atoms with E-state index in [1.54, 1.807) is 27.7 Å². The van der Waals surface area contributed by atoms with E-state index < -0.39 is 23.5 Å². The number of rotatable bonds is 5. The van der Waals surface area contributed by atoms with Crippen molar-refractivity contribution in [2.24, 2.45) is 5.92 Å². The van der Waals surface area contributed by atoms with E-state index in [4.69, 9.17) is 4.74 Å². The molecule has 1 aromatic heterocycles. The van der Waals surface area contributed by atoms with Crippen LogP contribution in [0.5, 0.6) is 0 Å². The number of carbonyl (C=O) groups excluding carboxylic acids is 2. The Kier molecular flexibility index (Phi) is 5.98. The highest BCUT2D eigenvalue weighted by Gasteiger charge is 2.30. The van der Waals surface area contributed by atoms with Crippen LogP contribution in [0.2, 0.25) is 0 Å². The lowest BCUT2D eigenvalue weighted by molar-refractivity contribution is -0.158. The van der Waals surface area contributed by atoms with Crippen LogP contribution in [0.1, 0.15) is 51.1 Å². The van der Waals surface area contributed by atoms with Gasteiger partial charge in [-0.3, -0.25) is 4.79 Å². The fourth-order valence-corrected chi connectivity index (χ4v) is 2.38. The second kappa shape index (κ2) is 7.85. The van der Waals surface area contributed by atoms with Crippen LogP contribution in [0.25, 0.3) is 5.69 Å². The molecule has 1 aromatic carbocycles. The third-order valence-corrected chi connectivity index (χ3v) is 3.66. The molecule has 1 amide bonds. The zero-order chi connectivity index (χ0) is 20.4. The largest absolute Gasteiger partial charge is 0.458 e. The Morgan fingerprint density at radius 3 is 2.30 bits per heavy atom. The van der Waals surface area contributed by atoms with Crippen LogP contribution in [0, 0.1) is 18.7 Å². The first-order chi connectivity index (χ1) is 12.5. The minimum Gasteiger partial charge on any atom is -0.458 e. The Hall–Kier alpha value is -2.77. The Balaban J connectivity index is 2.20. The van der Waals surface area contributed by atoms with Gasteiger partial charge >= 0.3 is 5.97 Å². The van der Waals surface area contributed by atoms with Crippen LogP contribution >= 0.6 is 0 Å². The maximum Gasteiger partial charge on any atom is 0.329 e. The molecule has 27 heavy (non-hydrogen) atoms. The Labute approximate surface area is 157 Å². The lowest BCUT2D eigenvalue weighted by Gasteiger charge is -2.26. The number of aryl methyl sites for hydroxylation is 1. The van der Waals surface area contributed by atoms with E-state index in [9.17, 15) is 14.0 Å². The summed E-state index contributed by atoms with van der Waals surface area (Å²) in [6, 6.07) is 4.85. The summed E-state index contributed by atoms with van der Waals surface area (Å²) in [5.74, 6) is -1.25. The fourth-order valence-electron chi connectivity index (χ4n) is 2.38. The van der Waals surface area contributed by atoms with Gasteiger partial charge in [-0.15, -0.1) is 5.10 Å². The summed E-state index contributed by atoms with van der Waals surface area (Å²) in [6.07, 6.45) is 0. The molecule has 0 bridgehead atoms. The van der Waals surface area contributed by atoms with Gasteiger partial charge in [0.05, 0.1) is 5.69 Å². The number of halogens is 1. The van der Waals surface area contributed by atoms with Gasteiger partial charge in [0.25, 0.3) is 5.91 Å². The van der Waals surface area contributed by atoms with Gasteiger partial charge in [0.1, 0.15) is 23.3 Å². The molecule has 0 aliphatic rings. The third kappa shape index (κ3) is 5.35. The number of hydrogen-bond acceptors (Lipinski definition) is 5. The highest BCUT2D eigenvalue weighted by Crippen LogP contribution is 2.14. The molecule has 1 heterocycles. The number of ether oxygens (including phenoxy) is 1. The summed E-state index contributed by atoms with van der Waals surface area (Å²) < 4.78 is 19.9. The van der Waals surface area contributed by atoms with Crippen molar-refractivity contribution < 1.29 is 18.7 Å². The third-order valence-electron chi connectivity index (χ3n) is 3.66. The molecule has 2 aromatic rings. The molecule has 0 saturated heterocycles. The maximum atomic E-state index is 13.1. The van der Waals surface area contributed by atoms with Gasteiger partial charge in [0.2, 0.25) is 5.82 Å². The minimum absolute atomic E-state index is 0.0777. The second-order valence-corrected chi connectivity index (χ2v) is 7.60. The molecule has 0 saturated carbocycles. The molecule has 0 aliphatic carbocycles. The van der Waals surface area contributed by atoms with E-state index in [0.29, 0.717) is 11.5 Å². The quantitative estimate of drug-likeness (QED) is 0.811. The van der Waals surface area contributed by atoms with Crippen molar-refractivity contribution in [2.75, 3.05) is 0 Å². The molecule has 0 fully saturated rings. The van der Waals surface area contributed by atoms with E-state index in [-0.39, 0.29) is 17.6 Å². The van der Waals surface area contributed by atoms with Crippen molar-refractivity contribution in [2.45, 2.75) is 53.2 Å². The van der Waals surface area contributed by atoms with Gasteiger partial charge in [-0.1, -0.05) is 13.8 Å². The number of amides is 1. The average molecular weight is 376 g/mol. The van der Waals surface area contributed by atoms with E-state index in [1.165, 1.54) is 28.9 Å². The van der Waals surface area contributed by atoms with E-state index in [2.05, 4.69) is 15.4 Å². The first kappa shape index (κ1) is 20.5. The van der Waals surface area contributed by atoms with E-state index >= 15 is 0 Å². The number of benzene rings is 1. The summed E-state index contributed by atoms with van der Waals surface area (Å²) in [6.45, 7) is 10.6. The van der Waals surface area contributed by atoms with Gasteiger partial charge in [-0.2, -0.15) is 0 Å². The summed E-state index contributed by atoms with van der Waals surface area (Å²) in [5, 5.41) is 6.82. The van der Waals surface area contributed by atoms with Crippen molar-refractivity contribution in [3.8, 4) is 5.69 Å². The van der Waals surface area contributed by atoms with Gasteiger partial charge in [0.15, 0.2) is 0 Å². The van der Waals surface area contributed by atoms with Crippen molar-refractivity contribution in [3.05, 3.63) is 41.7 Å². The zero-order valence-corrected chi connectivity index (χ0v) is 16.4. The van der Waals surface area contributed by atoms with Gasteiger partial charge in [0, 0.05) is 0 Å². The van der Waals surface area contributed by atoms with Gasteiger partial charge < -0.3 is 10.1 Å². The highest BCUT2D eigenvalue weighted by molar-refractivity contribution is 5.93. The lowest BCUT2D eigenvalue weighted by atomic mass is 10.0. The normalized spacial score (nSPS) is 12.7. The summed E-state index contributed by atoms with van der Waals surface area (Å²) >= 11 is 0. The molecule has 1 N–H and O–H groups in total. The van der Waals surface area contributed by atoms with Crippen molar-refractivity contribution in [1.29, 1.82) is 0 Å². The number of hydrogen-bond donors (Lipinski definition) is 1. The summed E-state index contributed by atoms with van der Waals surface area (Å²) in [7, 11) is 0. The van der Waals surface area contributed by atoms with Crippen molar-refractivity contribution in [3.63, 3.8) is 0 Å². The number of nitrogens with one attached hydrogen (secondary N) is 1. The molecule has 0 unspecified atom stereocenters. The smallest absolute Gasteiger partial charge is 0.329 e. The number of carbonyl (C=O) groups is 2. The lowest BCUT2D eigenvalue weighted by Crippen LogP contribution is -2.47. The molecule has 7 nitrogen and oxygen atoms in total. The van der Waals surface area contributed by atoms with Crippen LogP contribution in [0.3, 0.4) is 0 Å². The van der Waals surface area contributed by atoms with Crippen LogP contribution in [0.15, 0.2) is 24.3 Å². The monoisotopic (exact) mass is 376 g/mol. The molecule has 0 aliphatic heterocycles. The van der Waals surface area contributed by atoms with E-state index in [0.717, 1.165) is 0 Å². The summed E-state index contributed by atoms with van der Waals surface area (Å²) in [4.78, 5) is 29.1. The summed E-state index contributed by atoms with van der Waals surface area (Å²) in [5.41, 5.74) is -0.0819. The molecule has 8 heteroatoms. The predicted octanol–water partition coefficient (Wildman–Crippen LogP) is 2.81. The second-order valence-electron chi connectivity index (χ2n) is 7.60. The van der Waals surface area contributed by atoms with Crippen molar-refractivity contribution >= 4 is 11.9 Å². The molecule has 1 atom stereocenters. The van der Waals surface area contributed by atoms with E-state index in [1.807, 2.05) is 13.8 Å². The Morgan fingerprint density at radius 2 is 1.78 bits per heavy atom. The highest BCUT2D eigenvalue weighted by atomic mass is 19.1. The van der Waals surface area contributed by atoms with Crippen LogP contribution in [-0.2, 0) is 9.53 Å². The zero-order valence-electron chi connectivity index (χ0n) is 16.4. The van der Waals surface area contributed by atoms with Crippen molar-refractivity contribution in [1.82, 2.24) is 20.1 Å². The molecule has 146 valence electrons. The Bertz CT molecular complexity index is 822. The standard InChI is InChI=1S/C19H25FN4O3/c1-11(2)15(18(26)27-19(4,5)6)22-17(25)16-21-12(3)24(23-16)14-9-7-13(20)8-10-14/h7-11,15H,1-6H3,(H,22,25)/t15-/m1/s1. The topological polar surface area (TPSA) is 86.1 Å². The van der Waals surface area contributed by atoms with Crippen LogP contribution in [0.4, 0.5) is 4.39 Å². The maximum absolute atomic E-state index is 13.1. The molecule has 0 radical (unpaired) electrons. The van der Waals surface area contributed by atoms with Crippen LogP contribution < -0.4 is 5.32 Å². The average Bonchev–Trinajstić information content (AvgIpc) is 2.93. The molecule has 2 rings (SSSR count). The Morgan fingerprint density at radius 1 is 1.19 bits per heavy atom. The van der Waals surface area contributed by atoms with Gasteiger partial charge in [-0.05, 0) is 57.9 Å².